The fourth-order valence-electron chi connectivity index (χ4n) is 1.04. The minimum absolute atomic E-state index is 0.725. The summed E-state index contributed by atoms with van der Waals surface area (Å²) in [5.41, 5.74) is 6.39. The Balaban J connectivity index is 2.25. The van der Waals surface area contributed by atoms with Crippen molar-refractivity contribution in [3.63, 3.8) is 0 Å². The lowest BCUT2D eigenvalue weighted by Crippen LogP contribution is -1.87. The number of nitrogens with two attached hydrogens (primary N) is 1. The molecular formula is C10H8BrN3S. The highest BCUT2D eigenvalue weighted by atomic mass is 79.9. The van der Waals surface area contributed by atoms with E-state index in [9.17, 15) is 0 Å². The molecule has 0 fully saturated rings. The maximum atomic E-state index is 5.65. The van der Waals surface area contributed by atoms with Crippen molar-refractivity contribution >= 4 is 33.4 Å². The second-order valence-corrected chi connectivity index (χ2v) is 4.69. The molecule has 2 rings (SSSR count). The Kier molecular flexibility index (Phi) is 3.23. The third-order valence-corrected chi connectivity index (χ3v) is 3.59. The number of hydrogen-bond acceptors (Lipinski definition) is 4. The lowest BCUT2D eigenvalue weighted by Gasteiger charge is -2.03. The summed E-state index contributed by atoms with van der Waals surface area (Å²) in [6.45, 7) is 0. The van der Waals surface area contributed by atoms with Crippen LogP contribution >= 0.6 is 27.7 Å². The first-order valence-corrected chi connectivity index (χ1v) is 5.86. The Morgan fingerprint density at radius 2 is 1.93 bits per heavy atom. The Bertz CT molecular complexity index is 461. The SMILES string of the molecule is Nc1ccc(Sc2ncccn2)c(Br)c1. The van der Waals surface area contributed by atoms with E-state index in [0.717, 1.165) is 20.2 Å². The van der Waals surface area contributed by atoms with Gasteiger partial charge in [0, 0.05) is 27.4 Å². The molecule has 0 aliphatic carbocycles. The molecule has 5 heteroatoms. The molecule has 0 amide bonds. The van der Waals surface area contributed by atoms with Gasteiger partial charge in [-0.1, -0.05) is 0 Å². The van der Waals surface area contributed by atoms with Gasteiger partial charge in [0.2, 0.25) is 0 Å². The van der Waals surface area contributed by atoms with Crippen molar-refractivity contribution in [3.05, 3.63) is 41.1 Å². The van der Waals surface area contributed by atoms with E-state index < -0.39 is 0 Å². The van der Waals surface area contributed by atoms with Crippen LogP contribution in [0, 0.1) is 0 Å². The topological polar surface area (TPSA) is 51.8 Å². The van der Waals surface area contributed by atoms with Gasteiger partial charge in [-0.25, -0.2) is 9.97 Å². The van der Waals surface area contributed by atoms with E-state index >= 15 is 0 Å². The zero-order chi connectivity index (χ0) is 10.7. The number of halogens is 1. The van der Waals surface area contributed by atoms with E-state index in [4.69, 9.17) is 5.73 Å². The molecule has 0 bridgehead atoms. The average molecular weight is 282 g/mol. The number of rotatable bonds is 2. The van der Waals surface area contributed by atoms with Gasteiger partial charge in [-0.2, -0.15) is 0 Å². The normalized spacial score (nSPS) is 10.2. The molecule has 0 atom stereocenters. The number of aromatic nitrogens is 2. The predicted octanol–water partition coefficient (Wildman–Crippen LogP) is 2.97. The van der Waals surface area contributed by atoms with Crippen molar-refractivity contribution in [2.75, 3.05) is 5.73 Å². The first-order valence-electron chi connectivity index (χ1n) is 4.25. The average Bonchev–Trinajstić information content (AvgIpc) is 2.24. The van der Waals surface area contributed by atoms with Crippen molar-refractivity contribution in [2.24, 2.45) is 0 Å². The highest BCUT2D eigenvalue weighted by Crippen LogP contribution is 2.32. The minimum atomic E-state index is 0.725. The van der Waals surface area contributed by atoms with Gasteiger partial charge < -0.3 is 5.73 Å². The lowest BCUT2D eigenvalue weighted by molar-refractivity contribution is 0.966. The molecule has 15 heavy (non-hydrogen) atoms. The first-order chi connectivity index (χ1) is 7.25. The van der Waals surface area contributed by atoms with Gasteiger partial charge in [-0.3, -0.25) is 0 Å². The molecule has 76 valence electrons. The summed E-state index contributed by atoms with van der Waals surface area (Å²) in [4.78, 5) is 9.33. The fourth-order valence-corrected chi connectivity index (χ4v) is 2.39. The first kappa shape index (κ1) is 10.4. The summed E-state index contributed by atoms with van der Waals surface area (Å²) in [6.07, 6.45) is 3.45. The molecule has 1 aromatic heterocycles. The van der Waals surface area contributed by atoms with Crippen LogP contribution in [0.25, 0.3) is 0 Å². The molecular weight excluding hydrogens is 274 g/mol. The smallest absolute Gasteiger partial charge is 0.192 e. The number of nitrogens with zero attached hydrogens (tertiary/aromatic N) is 2. The van der Waals surface area contributed by atoms with Gasteiger partial charge >= 0.3 is 0 Å². The van der Waals surface area contributed by atoms with E-state index in [1.165, 1.54) is 11.8 Å². The van der Waals surface area contributed by atoms with E-state index in [-0.39, 0.29) is 0 Å². The highest BCUT2D eigenvalue weighted by molar-refractivity contribution is 9.10. The number of benzene rings is 1. The molecule has 3 nitrogen and oxygen atoms in total. The molecule has 1 aromatic carbocycles. The molecule has 0 saturated carbocycles. The van der Waals surface area contributed by atoms with E-state index in [2.05, 4.69) is 25.9 Å². The van der Waals surface area contributed by atoms with Gasteiger partial charge in [0.1, 0.15) is 0 Å². The second kappa shape index (κ2) is 4.63. The van der Waals surface area contributed by atoms with Crippen molar-refractivity contribution in [3.8, 4) is 0 Å². The number of nitrogen functional groups attached to an aromatic ring is 1. The van der Waals surface area contributed by atoms with E-state index in [1.54, 1.807) is 18.5 Å². The van der Waals surface area contributed by atoms with Crippen LogP contribution in [0.15, 0.2) is 51.2 Å². The molecule has 0 spiro atoms. The van der Waals surface area contributed by atoms with Gasteiger partial charge in [-0.05, 0) is 52.0 Å². The van der Waals surface area contributed by atoms with Crippen LogP contribution in [0.2, 0.25) is 0 Å². The van der Waals surface area contributed by atoms with Crippen LogP contribution in [0.4, 0.5) is 5.69 Å². The quantitative estimate of drug-likeness (QED) is 0.679. The third-order valence-electron chi connectivity index (χ3n) is 1.70. The minimum Gasteiger partial charge on any atom is -0.399 e. The van der Waals surface area contributed by atoms with Gasteiger partial charge in [0.05, 0.1) is 0 Å². The molecule has 0 aliphatic heterocycles. The second-order valence-electron chi connectivity index (χ2n) is 2.82. The van der Waals surface area contributed by atoms with Crippen LogP contribution in [0.3, 0.4) is 0 Å². The van der Waals surface area contributed by atoms with Crippen LogP contribution in [0.1, 0.15) is 0 Å². The molecule has 2 aromatic rings. The predicted molar refractivity (Wildman–Crippen MR) is 64.7 cm³/mol. The summed E-state index contributed by atoms with van der Waals surface area (Å²) in [7, 11) is 0. The monoisotopic (exact) mass is 281 g/mol. The maximum Gasteiger partial charge on any atom is 0.192 e. The summed E-state index contributed by atoms with van der Waals surface area (Å²) in [6, 6.07) is 7.46. The number of anilines is 1. The molecule has 0 radical (unpaired) electrons. The molecule has 0 aliphatic rings. The largest absolute Gasteiger partial charge is 0.399 e. The Labute approximate surface area is 100 Å². The standard InChI is InChI=1S/C10H8BrN3S/c11-8-6-7(12)2-3-9(8)15-10-13-4-1-5-14-10/h1-6H,12H2. The van der Waals surface area contributed by atoms with Crippen molar-refractivity contribution < 1.29 is 0 Å². The molecule has 1 heterocycles. The van der Waals surface area contributed by atoms with Crippen LogP contribution in [-0.2, 0) is 0 Å². The van der Waals surface area contributed by atoms with Crippen LogP contribution in [0.5, 0.6) is 0 Å². The summed E-state index contributed by atoms with van der Waals surface area (Å²) < 4.78 is 0.958. The zero-order valence-corrected chi connectivity index (χ0v) is 10.1. The Morgan fingerprint density at radius 1 is 1.20 bits per heavy atom. The molecule has 0 unspecified atom stereocenters. The van der Waals surface area contributed by atoms with Crippen LogP contribution in [-0.4, -0.2) is 9.97 Å². The summed E-state index contributed by atoms with van der Waals surface area (Å²) in [5, 5.41) is 0.725. The number of hydrogen-bond donors (Lipinski definition) is 1. The summed E-state index contributed by atoms with van der Waals surface area (Å²) in [5.74, 6) is 0. The summed E-state index contributed by atoms with van der Waals surface area (Å²) >= 11 is 4.95. The maximum absolute atomic E-state index is 5.65. The van der Waals surface area contributed by atoms with Crippen LogP contribution < -0.4 is 5.73 Å². The van der Waals surface area contributed by atoms with Crippen molar-refractivity contribution in [1.29, 1.82) is 0 Å². The van der Waals surface area contributed by atoms with Crippen molar-refractivity contribution in [2.45, 2.75) is 10.1 Å². The van der Waals surface area contributed by atoms with Gasteiger partial charge in [-0.15, -0.1) is 0 Å². The van der Waals surface area contributed by atoms with Crippen molar-refractivity contribution in [1.82, 2.24) is 9.97 Å². The Hall–Kier alpha value is -1.07. The zero-order valence-electron chi connectivity index (χ0n) is 7.72. The third kappa shape index (κ3) is 2.70. The molecule has 2 N–H and O–H groups in total. The van der Waals surface area contributed by atoms with E-state index in [0.29, 0.717) is 0 Å². The van der Waals surface area contributed by atoms with Gasteiger partial charge in [0.15, 0.2) is 5.16 Å². The fraction of sp³-hybridized carbons (Fsp3) is 0. The Morgan fingerprint density at radius 3 is 2.60 bits per heavy atom. The van der Waals surface area contributed by atoms with Gasteiger partial charge in [0.25, 0.3) is 0 Å². The van der Waals surface area contributed by atoms with E-state index in [1.807, 2.05) is 18.2 Å². The molecule has 0 saturated heterocycles. The highest BCUT2D eigenvalue weighted by Gasteiger charge is 2.03. The lowest BCUT2D eigenvalue weighted by atomic mass is 10.3.